The van der Waals surface area contributed by atoms with Crippen LogP contribution in [0.5, 0.6) is 0 Å². The second-order valence-electron chi connectivity index (χ2n) is 5.67. The Kier molecular flexibility index (Phi) is 5.64. The molecule has 98 valence electrons. The van der Waals surface area contributed by atoms with Crippen molar-refractivity contribution in [2.45, 2.75) is 46.8 Å². The number of thiophene rings is 1. The highest BCUT2D eigenvalue weighted by Crippen LogP contribution is 2.26. The molecular weight excluding hydrogens is 298 g/mol. The Hall–Kier alpha value is 0.100. The molecule has 1 atom stereocenters. The Balaban J connectivity index is 2.28. The normalized spacial score (nSPS) is 14.0. The summed E-state index contributed by atoms with van der Waals surface area (Å²) in [6, 6.07) is 2.14. The molecule has 0 spiro atoms. The van der Waals surface area contributed by atoms with Crippen molar-refractivity contribution in [3.8, 4) is 0 Å². The minimum Gasteiger partial charge on any atom is -0.392 e. The van der Waals surface area contributed by atoms with Crippen molar-refractivity contribution in [2.75, 3.05) is 6.54 Å². The predicted molar refractivity (Wildman–Crippen MR) is 78.5 cm³/mol. The minimum absolute atomic E-state index is 0.184. The van der Waals surface area contributed by atoms with Crippen molar-refractivity contribution in [1.82, 2.24) is 5.32 Å². The largest absolute Gasteiger partial charge is 0.392 e. The Bertz CT molecular complexity index is 337. The van der Waals surface area contributed by atoms with Crippen molar-refractivity contribution in [2.24, 2.45) is 5.41 Å². The van der Waals surface area contributed by atoms with Crippen LogP contribution < -0.4 is 5.32 Å². The van der Waals surface area contributed by atoms with E-state index in [0.29, 0.717) is 6.54 Å². The van der Waals surface area contributed by atoms with E-state index in [2.05, 4.69) is 55.0 Å². The van der Waals surface area contributed by atoms with Crippen LogP contribution in [0.3, 0.4) is 0 Å². The molecule has 1 unspecified atom stereocenters. The van der Waals surface area contributed by atoms with E-state index in [4.69, 9.17) is 0 Å². The number of aliphatic hydroxyl groups excluding tert-OH is 1. The van der Waals surface area contributed by atoms with Gasteiger partial charge < -0.3 is 10.4 Å². The third-order valence-electron chi connectivity index (χ3n) is 2.44. The standard InChI is InChI=1S/C13H22BrNOS/c1-9-12(14)5-11(17-9)8-15-7-10(16)6-13(2,3)4/h5,10,15-16H,6-8H2,1-4H3. The molecule has 0 fully saturated rings. The van der Waals surface area contributed by atoms with Crippen LogP contribution in [0.25, 0.3) is 0 Å². The Morgan fingerprint density at radius 3 is 2.59 bits per heavy atom. The van der Waals surface area contributed by atoms with Crippen LogP contribution in [-0.2, 0) is 6.54 Å². The van der Waals surface area contributed by atoms with Crippen LogP contribution in [0, 0.1) is 12.3 Å². The first kappa shape index (κ1) is 15.2. The van der Waals surface area contributed by atoms with E-state index >= 15 is 0 Å². The van der Waals surface area contributed by atoms with Gasteiger partial charge >= 0.3 is 0 Å². The zero-order chi connectivity index (χ0) is 13.1. The minimum atomic E-state index is -0.264. The summed E-state index contributed by atoms with van der Waals surface area (Å²) in [7, 11) is 0. The third kappa shape index (κ3) is 6.00. The highest BCUT2D eigenvalue weighted by atomic mass is 79.9. The number of aryl methyl sites for hydroxylation is 1. The highest BCUT2D eigenvalue weighted by molar-refractivity contribution is 9.10. The second-order valence-corrected chi connectivity index (χ2v) is 7.86. The third-order valence-corrected chi connectivity index (χ3v) is 4.57. The molecule has 2 N–H and O–H groups in total. The Morgan fingerprint density at radius 1 is 1.47 bits per heavy atom. The first-order valence-corrected chi connectivity index (χ1v) is 7.52. The topological polar surface area (TPSA) is 32.3 Å². The molecule has 0 amide bonds. The van der Waals surface area contributed by atoms with Gasteiger partial charge in [0.05, 0.1) is 6.10 Å². The fourth-order valence-electron chi connectivity index (χ4n) is 1.75. The number of rotatable bonds is 5. The zero-order valence-corrected chi connectivity index (χ0v) is 13.4. The number of hydrogen-bond acceptors (Lipinski definition) is 3. The van der Waals surface area contributed by atoms with Gasteiger partial charge in [0.2, 0.25) is 0 Å². The summed E-state index contributed by atoms with van der Waals surface area (Å²) in [4.78, 5) is 2.61. The van der Waals surface area contributed by atoms with Gasteiger partial charge in [-0.2, -0.15) is 0 Å². The predicted octanol–water partition coefficient (Wildman–Crippen LogP) is 3.71. The molecule has 17 heavy (non-hydrogen) atoms. The first-order chi connectivity index (χ1) is 7.78. The van der Waals surface area contributed by atoms with Gasteiger partial charge in [-0.05, 0) is 40.8 Å². The smallest absolute Gasteiger partial charge is 0.0669 e. The lowest BCUT2D eigenvalue weighted by Gasteiger charge is -2.22. The summed E-state index contributed by atoms with van der Waals surface area (Å²) < 4.78 is 1.18. The molecule has 0 aliphatic rings. The van der Waals surface area contributed by atoms with Gasteiger partial charge in [0.15, 0.2) is 0 Å². The number of nitrogens with one attached hydrogen (secondary N) is 1. The van der Waals surface area contributed by atoms with E-state index in [1.165, 1.54) is 14.2 Å². The van der Waals surface area contributed by atoms with Gasteiger partial charge in [0, 0.05) is 27.3 Å². The average molecular weight is 320 g/mol. The Morgan fingerprint density at radius 2 is 2.12 bits per heavy atom. The maximum absolute atomic E-state index is 9.85. The number of halogens is 1. The molecular formula is C13H22BrNOS. The molecule has 1 aromatic heterocycles. The van der Waals surface area contributed by atoms with E-state index in [-0.39, 0.29) is 11.5 Å². The van der Waals surface area contributed by atoms with E-state index in [9.17, 15) is 5.11 Å². The maximum atomic E-state index is 9.85. The van der Waals surface area contributed by atoms with Gasteiger partial charge in [-0.25, -0.2) is 0 Å². The lowest BCUT2D eigenvalue weighted by Crippen LogP contribution is -2.29. The maximum Gasteiger partial charge on any atom is 0.0669 e. The van der Waals surface area contributed by atoms with E-state index in [0.717, 1.165) is 13.0 Å². The van der Waals surface area contributed by atoms with Gasteiger partial charge in [-0.3, -0.25) is 0 Å². The fraction of sp³-hybridized carbons (Fsp3) is 0.692. The van der Waals surface area contributed by atoms with Gasteiger partial charge in [-0.15, -0.1) is 11.3 Å². The summed E-state index contributed by atoms with van der Waals surface area (Å²) >= 11 is 5.30. The van der Waals surface area contributed by atoms with Crippen LogP contribution in [-0.4, -0.2) is 17.8 Å². The summed E-state index contributed by atoms with van der Waals surface area (Å²) in [5.74, 6) is 0. The van der Waals surface area contributed by atoms with Gasteiger partial charge in [0.1, 0.15) is 0 Å². The molecule has 1 aromatic rings. The fourth-order valence-corrected chi connectivity index (χ4v) is 3.32. The van der Waals surface area contributed by atoms with Crippen molar-refractivity contribution < 1.29 is 5.11 Å². The van der Waals surface area contributed by atoms with Crippen LogP contribution >= 0.6 is 27.3 Å². The second kappa shape index (κ2) is 6.32. The molecule has 4 heteroatoms. The molecule has 0 saturated heterocycles. The summed E-state index contributed by atoms with van der Waals surface area (Å²) in [5, 5.41) is 13.2. The molecule has 0 aliphatic heterocycles. The van der Waals surface area contributed by atoms with E-state index in [1.807, 2.05) is 0 Å². The lowest BCUT2D eigenvalue weighted by atomic mass is 9.89. The molecule has 1 heterocycles. The lowest BCUT2D eigenvalue weighted by molar-refractivity contribution is 0.119. The molecule has 2 nitrogen and oxygen atoms in total. The van der Waals surface area contributed by atoms with Gasteiger partial charge in [-0.1, -0.05) is 20.8 Å². The van der Waals surface area contributed by atoms with Gasteiger partial charge in [0.25, 0.3) is 0 Å². The Labute approximate surface area is 117 Å². The summed E-state index contributed by atoms with van der Waals surface area (Å²) in [5.41, 5.74) is 0.184. The molecule has 0 aromatic carbocycles. The van der Waals surface area contributed by atoms with Crippen molar-refractivity contribution in [3.05, 3.63) is 20.3 Å². The highest BCUT2D eigenvalue weighted by Gasteiger charge is 2.16. The SMILES string of the molecule is Cc1sc(CNCC(O)CC(C)(C)C)cc1Br. The molecule has 1 rings (SSSR count). The average Bonchev–Trinajstić information content (AvgIpc) is 2.43. The molecule has 0 radical (unpaired) electrons. The van der Waals surface area contributed by atoms with E-state index < -0.39 is 0 Å². The summed E-state index contributed by atoms with van der Waals surface area (Å²) in [6.45, 7) is 10.0. The molecule has 0 bridgehead atoms. The van der Waals surface area contributed by atoms with E-state index in [1.54, 1.807) is 11.3 Å². The summed E-state index contributed by atoms with van der Waals surface area (Å²) in [6.07, 6.45) is 0.562. The van der Waals surface area contributed by atoms with Crippen molar-refractivity contribution >= 4 is 27.3 Å². The van der Waals surface area contributed by atoms with Crippen LogP contribution in [0.4, 0.5) is 0 Å². The van der Waals surface area contributed by atoms with Crippen molar-refractivity contribution in [1.29, 1.82) is 0 Å². The zero-order valence-electron chi connectivity index (χ0n) is 11.0. The monoisotopic (exact) mass is 319 g/mol. The first-order valence-electron chi connectivity index (χ1n) is 5.91. The molecule has 0 saturated carbocycles. The number of hydrogen-bond donors (Lipinski definition) is 2. The van der Waals surface area contributed by atoms with Crippen LogP contribution in [0.2, 0.25) is 0 Å². The van der Waals surface area contributed by atoms with Crippen LogP contribution in [0.1, 0.15) is 36.9 Å². The quantitative estimate of drug-likeness (QED) is 0.867. The molecule has 0 aliphatic carbocycles. The van der Waals surface area contributed by atoms with Crippen molar-refractivity contribution in [3.63, 3.8) is 0 Å². The number of aliphatic hydroxyl groups is 1. The van der Waals surface area contributed by atoms with Crippen LogP contribution in [0.15, 0.2) is 10.5 Å².